The van der Waals surface area contributed by atoms with Crippen molar-refractivity contribution in [2.75, 3.05) is 0 Å². The SMILES string of the molecule is C1=CC(c2ccccc2)(c2ccc(-c3ccccc3)cc2)Oc2ccc3c(-c4cccs4)cccc3c21. The molecule has 2 heteroatoms. The Hall–Kier alpha value is -4.40. The van der Waals surface area contributed by atoms with Gasteiger partial charge in [0.2, 0.25) is 0 Å². The molecule has 0 aliphatic carbocycles. The van der Waals surface area contributed by atoms with E-state index < -0.39 is 5.60 Å². The highest BCUT2D eigenvalue weighted by Crippen LogP contribution is 2.45. The van der Waals surface area contributed by atoms with Gasteiger partial charge in [0.25, 0.3) is 0 Å². The minimum atomic E-state index is -0.706. The number of benzene rings is 5. The van der Waals surface area contributed by atoms with Crippen LogP contribution in [0.4, 0.5) is 0 Å². The zero-order valence-electron chi connectivity index (χ0n) is 20.2. The second kappa shape index (κ2) is 8.92. The number of hydrogen-bond donors (Lipinski definition) is 0. The molecule has 0 spiro atoms. The average molecular weight is 493 g/mol. The third-order valence-corrected chi connectivity index (χ3v) is 8.13. The van der Waals surface area contributed by atoms with Gasteiger partial charge in [-0.2, -0.15) is 0 Å². The van der Waals surface area contributed by atoms with E-state index in [1.54, 1.807) is 11.3 Å². The fraction of sp³-hybridized carbons (Fsp3) is 0.0286. The average Bonchev–Trinajstić information content (AvgIpc) is 3.52. The zero-order chi connectivity index (χ0) is 24.7. The molecule has 0 bridgehead atoms. The van der Waals surface area contributed by atoms with Crippen molar-refractivity contribution < 1.29 is 4.74 Å². The maximum absolute atomic E-state index is 6.99. The second-order valence-electron chi connectivity index (χ2n) is 9.34. The molecular weight excluding hydrogens is 468 g/mol. The van der Waals surface area contributed by atoms with Crippen molar-refractivity contribution in [3.63, 3.8) is 0 Å². The van der Waals surface area contributed by atoms with Gasteiger partial charge in [0.05, 0.1) is 0 Å². The summed E-state index contributed by atoms with van der Waals surface area (Å²) in [5.41, 5.74) is 6.30. The van der Waals surface area contributed by atoms with E-state index in [1.165, 1.54) is 32.3 Å². The summed E-state index contributed by atoms with van der Waals surface area (Å²) in [5, 5.41) is 4.59. The number of hydrogen-bond acceptors (Lipinski definition) is 2. The molecule has 7 rings (SSSR count). The fourth-order valence-electron chi connectivity index (χ4n) is 5.38. The molecule has 0 radical (unpaired) electrons. The Kier molecular flexibility index (Phi) is 5.27. The predicted octanol–water partition coefficient (Wildman–Crippen LogP) is 9.58. The van der Waals surface area contributed by atoms with E-state index in [-0.39, 0.29) is 0 Å². The molecule has 6 aromatic rings. The molecule has 1 aromatic heterocycles. The molecule has 0 saturated heterocycles. The fourth-order valence-corrected chi connectivity index (χ4v) is 6.15. The Bertz CT molecular complexity index is 1720. The largest absolute Gasteiger partial charge is 0.473 e. The minimum Gasteiger partial charge on any atom is -0.473 e. The van der Waals surface area contributed by atoms with Gasteiger partial charge in [0, 0.05) is 21.6 Å². The predicted molar refractivity (Wildman–Crippen MR) is 156 cm³/mol. The van der Waals surface area contributed by atoms with E-state index in [2.05, 4.69) is 139 Å². The van der Waals surface area contributed by atoms with Crippen molar-refractivity contribution in [3.05, 3.63) is 156 Å². The monoisotopic (exact) mass is 492 g/mol. The van der Waals surface area contributed by atoms with Crippen molar-refractivity contribution in [1.29, 1.82) is 0 Å². The first-order chi connectivity index (χ1) is 18.3. The van der Waals surface area contributed by atoms with Gasteiger partial charge in [-0.1, -0.05) is 109 Å². The lowest BCUT2D eigenvalue weighted by molar-refractivity contribution is 0.161. The van der Waals surface area contributed by atoms with Gasteiger partial charge < -0.3 is 4.74 Å². The first-order valence-electron chi connectivity index (χ1n) is 12.5. The summed E-state index contributed by atoms with van der Waals surface area (Å²) in [4.78, 5) is 1.28. The lowest BCUT2D eigenvalue weighted by Gasteiger charge is -2.36. The molecule has 0 amide bonds. The van der Waals surface area contributed by atoms with Crippen molar-refractivity contribution in [3.8, 4) is 27.3 Å². The molecule has 2 heterocycles. The van der Waals surface area contributed by atoms with E-state index in [9.17, 15) is 0 Å². The minimum absolute atomic E-state index is 0.706. The summed E-state index contributed by atoms with van der Waals surface area (Å²) < 4.78 is 6.99. The molecule has 1 nitrogen and oxygen atoms in total. The van der Waals surface area contributed by atoms with E-state index in [4.69, 9.17) is 4.74 Å². The molecule has 1 atom stereocenters. The van der Waals surface area contributed by atoms with Crippen molar-refractivity contribution in [1.82, 2.24) is 0 Å². The lowest BCUT2D eigenvalue weighted by atomic mass is 9.82. The van der Waals surface area contributed by atoms with E-state index in [0.29, 0.717) is 0 Å². The van der Waals surface area contributed by atoms with Crippen LogP contribution in [0.5, 0.6) is 5.75 Å². The van der Waals surface area contributed by atoms with Crippen molar-refractivity contribution in [2.24, 2.45) is 0 Å². The van der Waals surface area contributed by atoms with Crippen molar-refractivity contribution in [2.45, 2.75) is 5.60 Å². The van der Waals surface area contributed by atoms with Crippen LogP contribution in [-0.2, 0) is 5.60 Å². The Morgan fingerprint density at radius 1 is 0.541 bits per heavy atom. The van der Waals surface area contributed by atoms with Crippen LogP contribution < -0.4 is 4.74 Å². The van der Waals surface area contributed by atoms with Crippen LogP contribution in [0.2, 0.25) is 0 Å². The Labute approximate surface area is 220 Å². The third kappa shape index (κ3) is 3.69. The van der Waals surface area contributed by atoms with Crippen LogP contribution in [0.15, 0.2) is 139 Å². The summed E-state index contributed by atoms with van der Waals surface area (Å²) in [5.74, 6) is 0.898. The summed E-state index contributed by atoms with van der Waals surface area (Å²) in [6, 6.07) is 44.9. The lowest BCUT2D eigenvalue weighted by Crippen LogP contribution is -2.34. The molecule has 1 aliphatic rings. The van der Waals surface area contributed by atoms with Gasteiger partial charge >= 0.3 is 0 Å². The summed E-state index contributed by atoms with van der Waals surface area (Å²) in [7, 11) is 0. The summed E-state index contributed by atoms with van der Waals surface area (Å²) in [6.45, 7) is 0. The third-order valence-electron chi connectivity index (χ3n) is 7.23. The Morgan fingerprint density at radius 3 is 2.03 bits per heavy atom. The number of ether oxygens (including phenoxy) is 1. The summed E-state index contributed by atoms with van der Waals surface area (Å²) >= 11 is 1.77. The van der Waals surface area contributed by atoms with Gasteiger partial charge in [0.15, 0.2) is 5.60 Å². The van der Waals surface area contributed by atoms with E-state index in [1.807, 2.05) is 6.07 Å². The smallest absolute Gasteiger partial charge is 0.178 e. The molecule has 0 saturated carbocycles. The molecule has 0 fully saturated rings. The topological polar surface area (TPSA) is 9.23 Å². The maximum atomic E-state index is 6.99. The van der Waals surface area contributed by atoms with Gasteiger partial charge in [-0.15, -0.1) is 11.3 Å². The van der Waals surface area contributed by atoms with Crippen LogP contribution >= 0.6 is 11.3 Å². The molecule has 176 valence electrons. The number of rotatable bonds is 4. The molecule has 1 unspecified atom stereocenters. The van der Waals surface area contributed by atoms with Gasteiger partial charge in [0.1, 0.15) is 5.75 Å². The number of fused-ring (bicyclic) bond motifs is 3. The molecule has 1 aliphatic heterocycles. The standard InChI is InChI=1S/C35H24OS/c1-3-9-25(10-4-1)26-16-18-28(19-17-26)35(27-11-5-2-6-12-27)23-22-31-29-13-7-14-32(34-15-8-24-37-34)30(29)20-21-33(31)36-35/h1-24H. The van der Waals surface area contributed by atoms with Gasteiger partial charge in [-0.3, -0.25) is 0 Å². The van der Waals surface area contributed by atoms with E-state index >= 15 is 0 Å². The quantitative estimate of drug-likeness (QED) is 0.238. The van der Waals surface area contributed by atoms with Crippen LogP contribution in [-0.4, -0.2) is 0 Å². The molecular formula is C35H24OS. The van der Waals surface area contributed by atoms with Crippen LogP contribution in [0.25, 0.3) is 38.4 Å². The Balaban J connectivity index is 1.37. The van der Waals surface area contributed by atoms with Gasteiger partial charge in [-0.05, 0) is 63.2 Å². The molecule has 5 aromatic carbocycles. The maximum Gasteiger partial charge on any atom is 0.178 e. The van der Waals surface area contributed by atoms with Gasteiger partial charge in [-0.25, -0.2) is 0 Å². The normalized spacial score (nSPS) is 16.3. The van der Waals surface area contributed by atoms with Crippen LogP contribution in [0, 0.1) is 0 Å². The van der Waals surface area contributed by atoms with Crippen LogP contribution in [0.3, 0.4) is 0 Å². The summed E-state index contributed by atoms with van der Waals surface area (Å²) in [6.07, 6.45) is 4.47. The highest BCUT2D eigenvalue weighted by atomic mass is 32.1. The first-order valence-corrected chi connectivity index (χ1v) is 13.4. The highest BCUT2D eigenvalue weighted by molar-refractivity contribution is 7.13. The molecule has 37 heavy (non-hydrogen) atoms. The highest BCUT2D eigenvalue weighted by Gasteiger charge is 2.37. The van der Waals surface area contributed by atoms with Crippen molar-refractivity contribution >= 4 is 28.2 Å². The first kappa shape index (κ1) is 21.8. The Morgan fingerprint density at radius 2 is 1.27 bits per heavy atom. The van der Waals surface area contributed by atoms with Crippen LogP contribution in [0.1, 0.15) is 16.7 Å². The van der Waals surface area contributed by atoms with E-state index in [0.717, 1.165) is 22.4 Å². The number of thiophene rings is 1. The molecule has 0 N–H and O–H groups in total. The second-order valence-corrected chi connectivity index (χ2v) is 10.3. The zero-order valence-corrected chi connectivity index (χ0v) is 21.0.